The Morgan fingerprint density at radius 1 is 1.35 bits per heavy atom. The van der Waals surface area contributed by atoms with Gasteiger partial charge in [-0.2, -0.15) is 5.26 Å². The van der Waals surface area contributed by atoms with Gasteiger partial charge in [-0.15, -0.1) is 0 Å². The lowest BCUT2D eigenvalue weighted by Crippen LogP contribution is -2.45. The van der Waals surface area contributed by atoms with Crippen molar-refractivity contribution in [3.05, 3.63) is 29.6 Å². The highest BCUT2D eigenvalue weighted by Crippen LogP contribution is 2.31. The van der Waals surface area contributed by atoms with Crippen molar-refractivity contribution < 1.29 is 13.9 Å². The lowest BCUT2D eigenvalue weighted by atomic mass is 9.96. The van der Waals surface area contributed by atoms with E-state index >= 15 is 0 Å². The van der Waals surface area contributed by atoms with Crippen LogP contribution in [0.25, 0.3) is 0 Å². The molecule has 0 radical (unpaired) electrons. The Kier molecular flexibility index (Phi) is 4.49. The van der Waals surface area contributed by atoms with Crippen LogP contribution in [0.4, 0.5) is 10.1 Å². The molecule has 6 heteroatoms. The SMILES string of the molecule is C[C@@H]1CN(c2ccc(C#N)cc2F)C[C@H]1C(=O)N1CCOCC1. The molecule has 1 aromatic rings. The predicted octanol–water partition coefficient (Wildman–Crippen LogP) is 1.63. The van der Waals surface area contributed by atoms with E-state index in [-0.39, 0.29) is 17.7 Å². The summed E-state index contributed by atoms with van der Waals surface area (Å²) in [7, 11) is 0. The molecule has 1 aromatic carbocycles. The third kappa shape index (κ3) is 3.15. The second-order valence-corrected chi connectivity index (χ2v) is 6.20. The number of ether oxygens (including phenoxy) is 1. The van der Waals surface area contributed by atoms with E-state index in [9.17, 15) is 9.18 Å². The monoisotopic (exact) mass is 317 g/mol. The Morgan fingerprint density at radius 3 is 2.74 bits per heavy atom. The van der Waals surface area contributed by atoms with E-state index in [0.29, 0.717) is 50.6 Å². The average molecular weight is 317 g/mol. The fourth-order valence-electron chi connectivity index (χ4n) is 3.34. The average Bonchev–Trinajstić information content (AvgIpc) is 2.96. The second-order valence-electron chi connectivity index (χ2n) is 6.20. The molecular weight excluding hydrogens is 297 g/mol. The summed E-state index contributed by atoms with van der Waals surface area (Å²) in [5.41, 5.74) is 0.771. The predicted molar refractivity (Wildman–Crippen MR) is 83.4 cm³/mol. The number of amides is 1. The van der Waals surface area contributed by atoms with Crippen LogP contribution in [-0.2, 0) is 9.53 Å². The van der Waals surface area contributed by atoms with Crippen molar-refractivity contribution in [1.29, 1.82) is 5.26 Å². The molecule has 23 heavy (non-hydrogen) atoms. The third-order valence-corrected chi connectivity index (χ3v) is 4.67. The normalized spacial score (nSPS) is 24.6. The number of benzene rings is 1. The van der Waals surface area contributed by atoms with Crippen LogP contribution in [0, 0.1) is 29.0 Å². The molecule has 2 heterocycles. The summed E-state index contributed by atoms with van der Waals surface area (Å²) in [5, 5.41) is 8.83. The second kappa shape index (κ2) is 6.55. The maximum Gasteiger partial charge on any atom is 0.227 e. The van der Waals surface area contributed by atoms with Crippen molar-refractivity contribution in [1.82, 2.24) is 4.90 Å². The minimum Gasteiger partial charge on any atom is -0.378 e. The Labute approximate surface area is 135 Å². The fourth-order valence-corrected chi connectivity index (χ4v) is 3.34. The van der Waals surface area contributed by atoms with Crippen LogP contribution < -0.4 is 4.90 Å². The Hall–Kier alpha value is -2.13. The summed E-state index contributed by atoms with van der Waals surface area (Å²) in [6.07, 6.45) is 0. The van der Waals surface area contributed by atoms with Gasteiger partial charge in [-0.3, -0.25) is 4.79 Å². The maximum atomic E-state index is 14.2. The summed E-state index contributed by atoms with van der Waals surface area (Å²) in [4.78, 5) is 16.4. The van der Waals surface area contributed by atoms with Gasteiger partial charge in [-0.05, 0) is 24.1 Å². The molecule has 0 unspecified atom stereocenters. The van der Waals surface area contributed by atoms with Crippen LogP contribution in [-0.4, -0.2) is 50.2 Å². The van der Waals surface area contributed by atoms with E-state index < -0.39 is 5.82 Å². The quantitative estimate of drug-likeness (QED) is 0.832. The molecule has 0 N–H and O–H groups in total. The van der Waals surface area contributed by atoms with E-state index in [1.807, 2.05) is 22.8 Å². The van der Waals surface area contributed by atoms with Crippen LogP contribution in [0.5, 0.6) is 0 Å². The number of hydrogen-bond donors (Lipinski definition) is 0. The topological polar surface area (TPSA) is 56.6 Å². The highest BCUT2D eigenvalue weighted by molar-refractivity contribution is 5.81. The first-order valence-electron chi connectivity index (χ1n) is 7.91. The standard InChI is InChI=1S/C17H20FN3O2/c1-12-10-21(16-3-2-13(9-19)8-15(16)18)11-14(12)17(22)20-4-6-23-7-5-20/h2-3,8,12,14H,4-7,10-11H2,1H3/t12-,14-/m1/s1. The van der Waals surface area contributed by atoms with Crippen molar-refractivity contribution in [2.45, 2.75) is 6.92 Å². The van der Waals surface area contributed by atoms with Gasteiger partial charge in [0.15, 0.2) is 0 Å². The molecule has 2 atom stereocenters. The zero-order valence-electron chi connectivity index (χ0n) is 13.2. The van der Waals surface area contributed by atoms with Crippen molar-refractivity contribution in [2.75, 3.05) is 44.3 Å². The number of carbonyl (C=O) groups excluding carboxylic acids is 1. The molecule has 0 aromatic heterocycles. The lowest BCUT2D eigenvalue weighted by molar-refractivity contribution is -0.140. The largest absolute Gasteiger partial charge is 0.378 e. The van der Waals surface area contributed by atoms with E-state index in [1.165, 1.54) is 6.07 Å². The van der Waals surface area contributed by atoms with Gasteiger partial charge in [-0.25, -0.2) is 4.39 Å². The first-order valence-corrected chi connectivity index (χ1v) is 7.91. The highest BCUT2D eigenvalue weighted by atomic mass is 19.1. The van der Waals surface area contributed by atoms with Gasteiger partial charge in [0, 0.05) is 26.2 Å². The molecule has 3 rings (SSSR count). The smallest absolute Gasteiger partial charge is 0.227 e. The Balaban J connectivity index is 1.73. The molecular formula is C17H20FN3O2. The van der Waals surface area contributed by atoms with Crippen LogP contribution in [0.3, 0.4) is 0 Å². The van der Waals surface area contributed by atoms with E-state index in [4.69, 9.17) is 10.00 Å². The number of hydrogen-bond acceptors (Lipinski definition) is 4. The zero-order valence-corrected chi connectivity index (χ0v) is 13.2. The number of anilines is 1. The van der Waals surface area contributed by atoms with Gasteiger partial charge < -0.3 is 14.5 Å². The van der Waals surface area contributed by atoms with Gasteiger partial charge >= 0.3 is 0 Å². The van der Waals surface area contributed by atoms with Crippen LogP contribution in [0.15, 0.2) is 18.2 Å². The first kappa shape index (κ1) is 15.8. The van der Waals surface area contributed by atoms with E-state index in [2.05, 4.69) is 0 Å². The number of morpholine rings is 1. The number of carbonyl (C=O) groups is 1. The van der Waals surface area contributed by atoms with Crippen molar-refractivity contribution in [2.24, 2.45) is 11.8 Å². The van der Waals surface area contributed by atoms with E-state index in [0.717, 1.165) is 0 Å². The molecule has 1 amide bonds. The van der Waals surface area contributed by atoms with Gasteiger partial charge in [0.2, 0.25) is 5.91 Å². The minimum absolute atomic E-state index is 0.122. The number of rotatable bonds is 2. The number of nitrogens with zero attached hydrogens (tertiary/aromatic N) is 3. The number of halogens is 1. The fraction of sp³-hybridized carbons (Fsp3) is 0.529. The molecule has 0 bridgehead atoms. The summed E-state index contributed by atoms with van der Waals surface area (Å²) >= 11 is 0. The molecule has 2 aliphatic rings. The van der Waals surface area contributed by atoms with Crippen LogP contribution in [0.1, 0.15) is 12.5 Å². The molecule has 5 nitrogen and oxygen atoms in total. The summed E-state index contributed by atoms with van der Waals surface area (Å²) in [6, 6.07) is 6.42. The minimum atomic E-state index is -0.407. The molecule has 2 fully saturated rings. The molecule has 0 saturated carbocycles. The maximum absolute atomic E-state index is 14.2. The summed E-state index contributed by atoms with van der Waals surface area (Å²) in [6.45, 7) is 5.62. The van der Waals surface area contributed by atoms with Crippen molar-refractivity contribution >= 4 is 11.6 Å². The van der Waals surface area contributed by atoms with Gasteiger partial charge in [0.1, 0.15) is 5.82 Å². The molecule has 122 valence electrons. The third-order valence-electron chi connectivity index (χ3n) is 4.67. The Bertz CT molecular complexity index is 637. The lowest BCUT2D eigenvalue weighted by Gasteiger charge is -2.30. The summed E-state index contributed by atoms with van der Waals surface area (Å²) in [5.74, 6) is -0.225. The number of nitriles is 1. The highest BCUT2D eigenvalue weighted by Gasteiger charge is 2.38. The Morgan fingerprint density at radius 2 is 2.09 bits per heavy atom. The van der Waals surface area contributed by atoms with Crippen LogP contribution >= 0.6 is 0 Å². The van der Waals surface area contributed by atoms with Gasteiger partial charge in [-0.1, -0.05) is 6.92 Å². The van der Waals surface area contributed by atoms with Crippen molar-refractivity contribution in [3.8, 4) is 6.07 Å². The van der Waals surface area contributed by atoms with E-state index in [1.54, 1.807) is 12.1 Å². The van der Waals surface area contributed by atoms with Crippen molar-refractivity contribution in [3.63, 3.8) is 0 Å². The zero-order chi connectivity index (χ0) is 16.4. The molecule has 0 aliphatic carbocycles. The molecule has 0 spiro atoms. The molecule has 2 aliphatic heterocycles. The van der Waals surface area contributed by atoms with Gasteiger partial charge in [0.25, 0.3) is 0 Å². The summed E-state index contributed by atoms with van der Waals surface area (Å²) < 4.78 is 19.5. The van der Waals surface area contributed by atoms with Gasteiger partial charge in [0.05, 0.1) is 36.5 Å². The van der Waals surface area contributed by atoms with Crippen LogP contribution in [0.2, 0.25) is 0 Å². The molecule has 2 saturated heterocycles. The first-order chi connectivity index (χ1) is 11.1.